The number of benzene rings is 7. The second-order valence-corrected chi connectivity index (χ2v) is 12.2. The van der Waals surface area contributed by atoms with Crippen molar-refractivity contribution < 1.29 is 4.42 Å². The van der Waals surface area contributed by atoms with Crippen molar-refractivity contribution in [2.45, 2.75) is 6.42 Å². The fraction of sp³-hybridized carbons (Fsp3) is 0.0227. The average molecular weight is 618 g/mol. The molecule has 0 atom stereocenters. The normalized spacial score (nSPS) is 12.0. The topological polar surface area (TPSA) is 56.4 Å². The molecule has 0 unspecified atom stereocenters. The van der Waals surface area contributed by atoms with E-state index < -0.39 is 0 Å². The molecule has 4 nitrogen and oxygen atoms in total. The molecule has 0 spiro atoms. The van der Waals surface area contributed by atoms with E-state index in [1.165, 1.54) is 27.4 Å². The molecule has 2 aromatic heterocycles. The van der Waals surface area contributed by atoms with Crippen molar-refractivity contribution in [2.24, 2.45) is 10.7 Å². The fourth-order valence-electron chi connectivity index (χ4n) is 6.97. The minimum absolute atomic E-state index is 0.461. The summed E-state index contributed by atoms with van der Waals surface area (Å²) in [6.45, 7) is 0. The third kappa shape index (κ3) is 4.74. The van der Waals surface area contributed by atoms with Crippen molar-refractivity contribution in [3.8, 4) is 16.8 Å². The first-order chi connectivity index (χ1) is 23.7. The molecule has 0 bridgehead atoms. The summed E-state index contributed by atoms with van der Waals surface area (Å²) in [7, 11) is 0. The molecule has 0 saturated carbocycles. The van der Waals surface area contributed by atoms with Gasteiger partial charge in [0.2, 0.25) is 0 Å². The Hall–Kier alpha value is -6.39. The number of furan rings is 1. The molecule has 0 amide bonds. The summed E-state index contributed by atoms with van der Waals surface area (Å²) < 4.78 is 8.78. The smallest absolute Gasteiger partial charge is 0.141 e. The van der Waals surface area contributed by atoms with Crippen LogP contribution in [0.25, 0.3) is 60.6 Å². The van der Waals surface area contributed by atoms with E-state index in [1.807, 2.05) is 30.3 Å². The van der Waals surface area contributed by atoms with E-state index in [9.17, 15) is 0 Å². The van der Waals surface area contributed by atoms with E-state index in [4.69, 9.17) is 15.1 Å². The van der Waals surface area contributed by atoms with E-state index in [0.29, 0.717) is 12.3 Å². The molecule has 7 aromatic carbocycles. The maximum Gasteiger partial charge on any atom is 0.141 e. The maximum absolute atomic E-state index is 6.80. The van der Waals surface area contributed by atoms with Crippen LogP contribution in [-0.2, 0) is 6.42 Å². The molecule has 0 radical (unpaired) electrons. The van der Waals surface area contributed by atoms with Crippen LogP contribution in [0.5, 0.6) is 0 Å². The molecule has 0 aliphatic carbocycles. The molecule has 0 fully saturated rings. The molecular formula is C44H31N3O. The summed E-state index contributed by atoms with van der Waals surface area (Å²) >= 11 is 0. The minimum atomic E-state index is 0.461. The van der Waals surface area contributed by atoms with Crippen molar-refractivity contribution in [1.29, 1.82) is 0 Å². The van der Waals surface area contributed by atoms with Gasteiger partial charge in [-0.3, -0.25) is 0 Å². The Kier molecular flexibility index (Phi) is 6.65. The Morgan fingerprint density at radius 3 is 2.12 bits per heavy atom. The van der Waals surface area contributed by atoms with Gasteiger partial charge in [0, 0.05) is 44.8 Å². The van der Waals surface area contributed by atoms with Gasteiger partial charge in [-0.2, -0.15) is 0 Å². The highest BCUT2D eigenvalue weighted by atomic mass is 16.3. The second kappa shape index (κ2) is 11.4. The Balaban J connectivity index is 1.14. The van der Waals surface area contributed by atoms with E-state index in [1.54, 1.807) is 0 Å². The second-order valence-electron chi connectivity index (χ2n) is 12.2. The van der Waals surface area contributed by atoms with Crippen LogP contribution in [0.1, 0.15) is 16.7 Å². The Morgan fingerprint density at radius 2 is 1.27 bits per heavy atom. The highest BCUT2D eigenvalue weighted by molar-refractivity contribution is 6.11. The molecule has 48 heavy (non-hydrogen) atoms. The average Bonchev–Trinajstić information content (AvgIpc) is 3.69. The number of nitrogens with two attached hydrogens (primary N) is 1. The van der Waals surface area contributed by atoms with Gasteiger partial charge in [-0.1, -0.05) is 109 Å². The van der Waals surface area contributed by atoms with Gasteiger partial charge < -0.3 is 14.7 Å². The number of rotatable bonds is 6. The SMILES string of the molecule is NC(=Nc1ccc2c(oc3ccccc32)c1Cc1ccccc1)c1cccc(-c2ccc3c(c2)c2ccccc2n3-c2ccccc2)c1. The lowest BCUT2D eigenvalue weighted by molar-refractivity contribution is 0.664. The van der Waals surface area contributed by atoms with Gasteiger partial charge >= 0.3 is 0 Å². The summed E-state index contributed by atoms with van der Waals surface area (Å²) in [5, 5.41) is 4.62. The molecule has 228 valence electrons. The van der Waals surface area contributed by atoms with Crippen LogP contribution in [0, 0.1) is 0 Å². The zero-order chi connectivity index (χ0) is 32.0. The monoisotopic (exact) mass is 617 g/mol. The van der Waals surface area contributed by atoms with Crippen molar-refractivity contribution in [3.63, 3.8) is 0 Å². The maximum atomic E-state index is 6.80. The molecule has 2 N–H and O–H groups in total. The third-order valence-corrected chi connectivity index (χ3v) is 9.27. The zero-order valence-electron chi connectivity index (χ0n) is 26.2. The first-order valence-corrected chi connectivity index (χ1v) is 16.2. The Bertz CT molecular complexity index is 2650. The van der Waals surface area contributed by atoms with Crippen LogP contribution in [0.15, 0.2) is 173 Å². The van der Waals surface area contributed by atoms with Gasteiger partial charge in [-0.05, 0) is 71.3 Å². The van der Waals surface area contributed by atoms with E-state index in [-0.39, 0.29) is 0 Å². The van der Waals surface area contributed by atoms with Gasteiger partial charge in [0.05, 0.1) is 16.7 Å². The standard InChI is InChI=1S/C44H31N3O/c45-44(46-39-24-23-36-35-19-8-10-21-42(35)48-43(36)38(39)26-29-12-3-1-4-13-29)32-15-11-14-30(27-32)31-22-25-41-37(28-31)34-18-7-9-20-40(34)47(41)33-16-5-2-6-17-33/h1-25,27-28H,26H2,(H2,45,46). The van der Waals surface area contributed by atoms with Crippen LogP contribution in [0.2, 0.25) is 0 Å². The number of aliphatic imine (C=N–C) groups is 1. The molecule has 9 aromatic rings. The van der Waals surface area contributed by atoms with Crippen molar-refractivity contribution in [2.75, 3.05) is 0 Å². The van der Waals surface area contributed by atoms with Crippen LogP contribution in [0.4, 0.5) is 5.69 Å². The van der Waals surface area contributed by atoms with Crippen molar-refractivity contribution in [3.05, 3.63) is 180 Å². The number of hydrogen-bond acceptors (Lipinski definition) is 2. The number of para-hydroxylation sites is 3. The predicted molar refractivity (Wildman–Crippen MR) is 200 cm³/mol. The third-order valence-electron chi connectivity index (χ3n) is 9.27. The summed E-state index contributed by atoms with van der Waals surface area (Å²) in [6, 6.07) is 57.0. The van der Waals surface area contributed by atoms with Gasteiger partial charge in [-0.25, -0.2) is 4.99 Å². The zero-order valence-corrected chi connectivity index (χ0v) is 26.2. The predicted octanol–water partition coefficient (Wildman–Crippen LogP) is 11.0. The molecular weight excluding hydrogens is 587 g/mol. The molecule has 0 aliphatic rings. The van der Waals surface area contributed by atoms with E-state index in [2.05, 4.69) is 138 Å². The number of fused-ring (bicyclic) bond motifs is 6. The summed E-state index contributed by atoms with van der Waals surface area (Å²) in [6.07, 6.45) is 0.681. The summed E-state index contributed by atoms with van der Waals surface area (Å²) in [5.74, 6) is 0.461. The van der Waals surface area contributed by atoms with Crippen LogP contribution in [-0.4, -0.2) is 10.4 Å². The molecule has 0 saturated heterocycles. The molecule has 2 heterocycles. The highest BCUT2D eigenvalue weighted by Gasteiger charge is 2.17. The number of hydrogen-bond donors (Lipinski definition) is 1. The van der Waals surface area contributed by atoms with Crippen LogP contribution >= 0.6 is 0 Å². The van der Waals surface area contributed by atoms with Crippen LogP contribution in [0.3, 0.4) is 0 Å². The number of aromatic nitrogens is 1. The molecule has 9 rings (SSSR count). The Labute approximate surface area is 278 Å². The fourth-order valence-corrected chi connectivity index (χ4v) is 6.97. The van der Waals surface area contributed by atoms with E-state index >= 15 is 0 Å². The van der Waals surface area contributed by atoms with Crippen molar-refractivity contribution >= 4 is 55.3 Å². The van der Waals surface area contributed by atoms with E-state index in [0.717, 1.165) is 55.6 Å². The lowest BCUT2D eigenvalue weighted by atomic mass is 9.99. The quantitative estimate of drug-likeness (QED) is 0.149. The van der Waals surface area contributed by atoms with Gasteiger partial charge in [0.15, 0.2) is 0 Å². The van der Waals surface area contributed by atoms with Gasteiger partial charge in [0.1, 0.15) is 17.0 Å². The minimum Gasteiger partial charge on any atom is -0.456 e. The van der Waals surface area contributed by atoms with Crippen LogP contribution < -0.4 is 5.73 Å². The highest BCUT2D eigenvalue weighted by Crippen LogP contribution is 2.38. The molecule has 4 heteroatoms. The van der Waals surface area contributed by atoms with Gasteiger partial charge in [0.25, 0.3) is 0 Å². The van der Waals surface area contributed by atoms with Gasteiger partial charge in [-0.15, -0.1) is 0 Å². The Morgan fingerprint density at radius 1 is 0.562 bits per heavy atom. The largest absolute Gasteiger partial charge is 0.456 e. The lowest BCUT2D eigenvalue weighted by Crippen LogP contribution is -2.13. The first-order valence-electron chi connectivity index (χ1n) is 16.2. The summed E-state index contributed by atoms with van der Waals surface area (Å²) in [5.41, 5.74) is 18.1. The number of nitrogens with zero attached hydrogens (tertiary/aromatic N) is 2. The number of amidine groups is 1. The lowest BCUT2D eigenvalue weighted by Gasteiger charge is -2.10. The molecule has 0 aliphatic heterocycles. The summed E-state index contributed by atoms with van der Waals surface area (Å²) in [4.78, 5) is 5.04. The first kappa shape index (κ1) is 27.9. The van der Waals surface area contributed by atoms with Crippen molar-refractivity contribution in [1.82, 2.24) is 4.57 Å².